The molecule has 0 heterocycles. The second-order valence-electron chi connectivity index (χ2n) is 4.16. The van der Waals surface area contributed by atoms with Crippen LogP contribution in [0.3, 0.4) is 0 Å². The summed E-state index contributed by atoms with van der Waals surface area (Å²) < 4.78 is 0. The van der Waals surface area contributed by atoms with E-state index in [1.807, 2.05) is 33.8 Å². The molecule has 1 aromatic rings. The van der Waals surface area contributed by atoms with Gasteiger partial charge in [0.15, 0.2) is 0 Å². The molecule has 15 heavy (non-hydrogen) atoms. The molecule has 0 saturated carbocycles. The van der Waals surface area contributed by atoms with Crippen molar-refractivity contribution in [2.75, 3.05) is 0 Å². The van der Waals surface area contributed by atoms with Gasteiger partial charge in [0.25, 0.3) is 0 Å². The van der Waals surface area contributed by atoms with Gasteiger partial charge in [-0.2, -0.15) is 0 Å². The van der Waals surface area contributed by atoms with Gasteiger partial charge in [0.2, 0.25) is 0 Å². The molecule has 0 aliphatic rings. The average Bonchev–Trinajstić information content (AvgIpc) is 2.20. The highest BCUT2D eigenvalue weighted by Gasteiger charge is 2.15. The molecule has 1 aromatic carbocycles. The highest BCUT2D eigenvalue weighted by Crippen LogP contribution is 2.32. The number of rotatable bonds is 3. The molecule has 1 unspecified atom stereocenters. The first-order chi connectivity index (χ1) is 6.99. The number of phenols is 1. The third-order valence-electron chi connectivity index (χ3n) is 2.99. The van der Waals surface area contributed by atoms with E-state index in [0.717, 1.165) is 28.7 Å². The smallest absolute Gasteiger partial charge is 0.121 e. The van der Waals surface area contributed by atoms with Crippen molar-refractivity contribution >= 4 is 0 Å². The van der Waals surface area contributed by atoms with Crippen LogP contribution in [-0.4, -0.2) is 5.11 Å². The van der Waals surface area contributed by atoms with Crippen molar-refractivity contribution < 1.29 is 10.2 Å². The van der Waals surface area contributed by atoms with E-state index in [0.29, 0.717) is 12.2 Å². The number of hydrogen-bond acceptors (Lipinski definition) is 1. The molecule has 0 bridgehead atoms. The second kappa shape index (κ2) is 4.67. The van der Waals surface area contributed by atoms with E-state index >= 15 is 0 Å². The molecular weight excluding hydrogens is 188 g/mol. The fraction of sp³-hybridized carbons (Fsp3) is 0.538. The fourth-order valence-electron chi connectivity index (χ4n) is 1.85. The Labute approximate surface area is 91.6 Å². The SMILES string of the molecule is CCCC([O])c1cc(C)c(O)c(C)c1C. The van der Waals surface area contributed by atoms with Gasteiger partial charge in [0, 0.05) is 0 Å². The molecule has 1 radical (unpaired) electrons. The molecule has 2 heteroatoms. The van der Waals surface area contributed by atoms with Gasteiger partial charge in [-0.1, -0.05) is 13.3 Å². The Morgan fingerprint density at radius 2 is 1.87 bits per heavy atom. The lowest BCUT2D eigenvalue weighted by Crippen LogP contribution is -2.01. The van der Waals surface area contributed by atoms with E-state index in [2.05, 4.69) is 0 Å². The van der Waals surface area contributed by atoms with Crippen molar-refractivity contribution in [1.29, 1.82) is 0 Å². The van der Waals surface area contributed by atoms with Gasteiger partial charge in [0.05, 0.1) is 0 Å². The molecule has 0 aliphatic heterocycles. The molecule has 1 rings (SSSR count). The lowest BCUT2D eigenvalue weighted by Gasteiger charge is -2.15. The van der Waals surface area contributed by atoms with Crippen molar-refractivity contribution in [3.8, 4) is 5.75 Å². The summed E-state index contributed by atoms with van der Waals surface area (Å²) in [6, 6.07) is 1.82. The molecule has 0 aromatic heterocycles. The molecule has 0 aliphatic carbocycles. The summed E-state index contributed by atoms with van der Waals surface area (Å²) in [6.07, 6.45) is 0.893. The normalized spacial score (nSPS) is 12.9. The van der Waals surface area contributed by atoms with Crippen molar-refractivity contribution in [3.63, 3.8) is 0 Å². The zero-order valence-electron chi connectivity index (χ0n) is 9.92. The average molecular weight is 207 g/mol. The zero-order chi connectivity index (χ0) is 11.6. The van der Waals surface area contributed by atoms with E-state index in [-0.39, 0.29) is 0 Å². The van der Waals surface area contributed by atoms with Crippen LogP contribution in [0.2, 0.25) is 0 Å². The second-order valence-corrected chi connectivity index (χ2v) is 4.16. The fourth-order valence-corrected chi connectivity index (χ4v) is 1.85. The predicted molar refractivity (Wildman–Crippen MR) is 60.7 cm³/mol. The van der Waals surface area contributed by atoms with Crippen LogP contribution in [0.5, 0.6) is 5.75 Å². The predicted octanol–water partition coefficient (Wildman–Crippen LogP) is 3.59. The van der Waals surface area contributed by atoms with Crippen LogP contribution in [-0.2, 0) is 5.11 Å². The standard InChI is InChI=1S/C13H19O2/c1-5-6-12(14)11-7-8(2)13(15)10(4)9(11)3/h7,12,15H,5-6H2,1-4H3. The summed E-state index contributed by atoms with van der Waals surface area (Å²) in [5.41, 5.74) is 3.41. The minimum absolute atomic E-state index is 0.319. The maximum Gasteiger partial charge on any atom is 0.121 e. The molecule has 1 N–H and O–H groups in total. The molecule has 0 spiro atoms. The first kappa shape index (κ1) is 12.1. The van der Waals surface area contributed by atoms with Crippen LogP contribution in [0, 0.1) is 20.8 Å². The zero-order valence-corrected chi connectivity index (χ0v) is 9.92. The Morgan fingerprint density at radius 3 is 2.40 bits per heavy atom. The van der Waals surface area contributed by atoms with Crippen molar-refractivity contribution in [1.82, 2.24) is 0 Å². The first-order valence-corrected chi connectivity index (χ1v) is 5.44. The molecular formula is C13H19O2. The highest BCUT2D eigenvalue weighted by atomic mass is 16.3. The summed E-state index contributed by atoms with van der Waals surface area (Å²) >= 11 is 0. The van der Waals surface area contributed by atoms with E-state index in [4.69, 9.17) is 0 Å². The maximum atomic E-state index is 11.9. The van der Waals surface area contributed by atoms with Crippen LogP contribution in [0.25, 0.3) is 0 Å². The molecule has 1 atom stereocenters. The van der Waals surface area contributed by atoms with Gasteiger partial charge in [0.1, 0.15) is 11.9 Å². The van der Waals surface area contributed by atoms with Crippen molar-refractivity contribution in [3.05, 3.63) is 28.3 Å². The summed E-state index contributed by atoms with van der Waals surface area (Å²) in [5, 5.41) is 21.6. The van der Waals surface area contributed by atoms with E-state index in [1.54, 1.807) is 0 Å². The number of aromatic hydroxyl groups is 1. The lowest BCUT2D eigenvalue weighted by atomic mass is 9.93. The molecule has 0 saturated heterocycles. The molecule has 0 fully saturated rings. The van der Waals surface area contributed by atoms with Gasteiger partial charge in [-0.15, -0.1) is 0 Å². The maximum absolute atomic E-state index is 11.9. The first-order valence-electron chi connectivity index (χ1n) is 5.44. The Hall–Kier alpha value is -1.02. The summed E-state index contributed by atoms with van der Waals surface area (Å²) in [7, 11) is 0. The minimum atomic E-state index is -0.659. The highest BCUT2D eigenvalue weighted by molar-refractivity contribution is 5.48. The largest absolute Gasteiger partial charge is 0.507 e. The van der Waals surface area contributed by atoms with Crippen LogP contribution < -0.4 is 0 Å². The molecule has 0 amide bonds. The third kappa shape index (κ3) is 2.32. The Morgan fingerprint density at radius 1 is 1.27 bits per heavy atom. The van der Waals surface area contributed by atoms with Gasteiger partial charge >= 0.3 is 0 Å². The van der Waals surface area contributed by atoms with Crippen LogP contribution in [0.1, 0.15) is 48.1 Å². The van der Waals surface area contributed by atoms with Crippen LogP contribution in [0.15, 0.2) is 6.07 Å². The summed E-state index contributed by atoms with van der Waals surface area (Å²) in [4.78, 5) is 0. The number of benzene rings is 1. The Kier molecular flexibility index (Phi) is 3.75. The van der Waals surface area contributed by atoms with E-state index in [9.17, 15) is 10.2 Å². The number of phenolic OH excluding ortho intramolecular Hbond substituents is 1. The van der Waals surface area contributed by atoms with E-state index in [1.165, 1.54) is 0 Å². The number of hydrogen-bond donors (Lipinski definition) is 1. The topological polar surface area (TPSA) is 40.1 Å². The number of aryl methyl sites for hydroxylation is 1. The lowest BCUT2D eigenvalue weighted by molar-refractivity contribution is 0.0798. The summed E-state index contributed by atoms with van der Waals surface area (Å²) in [6.45, 7) is 7.62. The van der Waals surface area contributed by atoms with Gasteiger partial charge in [-0.25, -0.2) is 5.11 Å². The van der Waals surface area contributed by atoms with Gasteiger partial charge in [-0.3, -0.25) is 0 Å². The van der Waals surface area contributed by atoms with Crippen LogP contribution >= 0.6 is 0 Å². The Balaban J connectivity index is 3.19. The van der Waals surface area contributed by atoms with Gasteiger partial charge in [-0.05, 0) is 55.5 Å². The van der Waals surface area contributed by atoms with Crippen molar-refractivity contribution in [2.45, 2.75) is 46.6 Å². The minimum Gasteiger partial charge on any atom is -0.507 e. The third-order valence-corrected chi connectivity index (χ3v) is 2.99. The summed E-state index contributed by atoms with van der Waals surface area (Å²) in [5.74, 6) is 0.319. The quantitative estimate of drug-likeness (QED) is 0.808. The monoisotopic (exact) mass is 207 g/mol. The van der Waals surface area contributed by atoms with Crippen LogP contribution in [0.4, 0.5) is 0 Å². The van der Waals surface area contributed by atoms with Crippen molar-refractivity contribution in [2.24, 2.45) is 0 Å². The molecule has 83 valence electrons. The Bertz CT molecular complexity index is 356. The van der Waals surface area contributed by atoms with E-state index < -0.39 is 6.10 Å². The van der Waals surface area contributed by atoms with Gasteiger partial charge < -0.3 is 5.11 Å². The molecule has 2 nitrogen and oxygen atoms in total.